The second kappa shape index (κ2) is 10.2. The van der Waals surface area contributed by atoms with E-state index in [4.69, 9.17) is 4.74 Å². The number of ether oxygens (including phenoxy) is 1. The average molecular weight is 438 g/mol. The summed E-state index contributed by atoms with van der Waals surface area (Å²) in [5.74, 6) is -0.806. The molecule has 0 atom stereocenters. The maximum absolute atomic E-state index is 13.0. The number of carbonyl (C=O) groups excluding carboxylic acids is 2. The molecule has 0 fully saturated rings. The van der Waals surface area contributed by atoms with E-state index < -0.39 is 11.9 Å². The fourth-order valence-electron chi connectivity index (χ4n) is 3.02. The Morgan fingerprint density at radius 2 is 1.77 bits per heavy atom. The number of nitrogens with one attached hydrogen (secondary N) is 1. The summed E-state index contributed by atoms with van der Waals surface area (Å²) in [6.45, 7) is 6.22. The van der Waals surface area contributed by atoms with Crippen molar-refractivity contribution in [2.45, 2.75) is 26.7 Å². The molecular formula is C25H24FNO3S. The fraction of sp³-hybridized carbons (Fsp3) is 0.200. The Balaban J connectivity index is 1.86. The van der Waals surface area contributed by atoms with Gasteiger partial charge in [0.2, 0.25) is 5.91 Å². The minimum atomic E-state index is -0.482. The summed E-state index contributed by atoms with van der Waals surface area (Å²) < 4.78 is 18.2. The van der Waals surface area contributed by atoms with Gasteiger partial charge in [-0.15, -0.1) is 11.3 Å². The Bertz CT molecular complexity index is 1080. The van der Waals surface area contributed by atoms with Crippen LogP contribution in [0, 0.1) is 5.82 Å². The van der Waals surface area contributed by atoms with Gasteiger partial charge in [-0.25, -0.2) is 9.18 Å². The molecule has 0 spiro atoms. The van der Waals surface area contributed by atoms with Crippen molar-refractivity contribution in [3.8, 4) is 11.1 Å². The summed E-state index contributed by atoms with van der Waals surface area (Å²) >= 11 is 1.27. The van der Waals surface area contributed by atoms with Gasteiger partial charge in [0.25, 0.3) is 0 Å². The lowest BCUT2D eigenvalue weighted by Crippen LogP contribution is -2.12. The Hall–Kier alpha value is -3.25. The van der Waals surface area contributed by atoms with E-state index in [9.17, 15) is 14.0 Å². The van der Waals surface area contributed by atoms with Crippen LogP contribution in [0.5, 0.6) is 0 Å². The third-order valence-corrected chi connectivity index (χ3v) is 5.59. The Morgan fingerprint density at radius 3 is 2.39 bits per heavy atom. The molecule has 0 aliphatic heterocycles. The van der Waals surface area contributed by atoms with Gasteiger partial charge < -0.3 is 10.1 Å². The van der Waals surface area contributed by atoms with Crippen LogP contribution >= 0.6 is 11.3 Å². The van der Waals surface area contributed by atoms with Gasteiger partial charge in [-0.3, -0.25) is 4.79 Å². The van der Waals surface area contributed by atoms with E-state index in [1.807, 2.05) is 29.6 Å². The summed E-state index contributed by atoms with van der Waals surface area (Å²) in [5, 5.41) is 5.04. The minimum absolute atomic E-state index is 0.234. The van der Waals surface area contributed by atoms with Crippen molar-refractivity contribution in [2.75, 3.05) is 11.9 Å². The van der Waals surface area contributed by atoms with Crippen molar-refractivity contribution in [3.63, 3.8) is 0 Å². The highest BCUT2D eigenvalue weighted by molar-refractivity contribution is 7.15. The van der Waals surface area contributed by atoms with E-state index in [0.717, 1.165) is 11.1 Å². The maximum Gasteiger partial charge on any atom is 0.341 e. The van der Waals surface area contributed by atoms with Gasteiger partial charge in [-0.2, -0.15) is 0 Å². The highest BCUT2D eigenvalue weighted by Gasteiger charge is 2.22. The first-order valence-electron chi connectivity index (χ1n) is 10.0. The van der Waals surface area contributed by atoms with Crippen molar-refractivity contribution in [2.24, 2.45) is 0 Å². The number of esters is 1. The first-order chi connectivity index (χ1) is 14.9. The summed E-state index contributed by atoms with van der Waals surface area (Å²) in [4.78, 5) is 25.1. The molecule has 1 heterocycles. The number of rotatable bonds is 7. The normalized spacial score (nSPS) is 11.1. The summed E-state index contributed by atoms with van der Waals surface area (Å²) in [7, 11) is 0. The topological polar surface area (TPSA) is 55.4 Å². The number of benzene rings is 2. The Labute approximate surface area is 185 Å². The fourth-order valence-corrected chi connectivity index (χ4v) is 3.98. The minimum Gasteiger partial charge on any atom is -0.462 e. The first kappa shape index (κ1) is 22.4. The van der Waals surface area contributed by atoms with Crippen molar-refractivity contribution in [3.05, 3.63) is 82.5 Å². The second-order valence-electron chi connectivity index (χ2n) is 7.22. The van der Waals surface area contributed by atoms with Gasteiger partial charge in [-0.05, 0) is 47.7 Å². The number of hydrogen-bond donors (Lipinski definition) is 1. The van der Waals surface area contributed by atoms with Gasteiger partial charge >= 0.3 is 5.97 Å². The van der Waals surface area contributed by atoms with Gasteiger partial charge in [-0.1, -0.05) is 50.2 Å². The molecule has 0 saturated carbocycles. The third-order valence-electron chi connectivity index (χ3n) is 4.69. The zero-order chi connectivity index (χ0) is 22.4. The molecule has 0 bridgehead atoms. The lowest BCUT2D eigenvalue weighted by atomic mass is 9.98. The molecule has 1 amide bonds. The molecule has 0 unspecified atom stereocenters. The predicted molar refractivity (Wildman–Crippen MR) is 124 cm³/mol. The monoisotopic (exact) mass is 437 g/mol. The van der Waals surface area contributed by atoms with Crippen LogP contribution in [0.15, 0.2) is 60.0 Å². The maximum atomic E-state index is 13.0. The van der Waals surface area contributed by atoms with E-state index >= 15 is 0 Å². The molecule has 6 heteroatoms. The molecule has 160 valence electrons. The van der Waals surface area contributed by atoms with Crippen molar-refractivity contribution in [1.82, 2.24) is 0 Å². The summed E-state index contributed by atoms with van der Waals surface area (Å²) in [6, 6.07) is 13.8. The molecule has 2 aromatic carbocycles. The summed E-state index contributed by atoms with van der Waals surface area (Å²) in [6.07, 6.45) is 2.93. The van der Waals surface area contributed by atoms with Crippen LogP contribution in [-0.2, 0) is 9.53 Å². The number of hydrogen-bond acceptors (Lipinski definition) is 4. The number of amides is 1. The molecule has 0 aliphatic carbocycles. The number of anilines is 1. The molecule has 1 N–H and O–H groups in total. The SMILES string of the molecule is CCOC(=O)c1c(-c2ccc(C(C)C)cc2)csc1NC(=O)/C=C/c1ccc(F)cc1. The van der Waals surface area contributed by atoms with Crippen LogP contribution in [0.25, 0.3) is 17.2 Å². The van der Waals surface area contributed by atoms with Crippen LogP contribution in [0.2, 0.25) is 0 Å². The zero-order valence-electron chi connectivity index (χ0n) is 17.6. The first-order valence-corrected chi connectivity index (χ1v) is 10.9. The second-order valence-corrected chi connectivity index (χ2v) is 8.10. The Morgan fingerprint density at radius 1 is 1.10 bits per heavy atom. The molecule has 4 nitrogen and oxygen atoms in total. The molecule has 3 rings (SSSR count). The lowest BCUT2D eigenvalue weighted by Gasteiger charge is -2.09. The van der Waals surface area contributed by atoms with Crippen molar-refractivity contribution >= 4 is 34.3 Å². The zero-order valence-corrected chi connectivity index (χ0v) is 18.5. The number of thiophene rings is 1. The van der Waals surface area contributed by atoms with Gasteiger partial charge in [0.1, 0.15) is 16.4 Å². The average Bonchev–Trinajstić information content (AvgIpc) is 3.17. The molecule has 0 radical (unpaired) electrons. The van der Waals surface area contributed by atoms with E-state index in [1.54, 1.807) is 25.1 Å². The molecule has 0 aliphatic rings. The molecular weight excluding hydrogens is 413 g/mol. The van der Waals surface area contributed by atoms with Crippen LogP contribution in [-0.4, -0.2) is 18.5 Å². The molecule has 3 aromatic rings. The van der Waals surface area contributed by atoms with Crippen LogP contribution in [0.4, 0.5) is 9.39 Å². The quantitative estimate of drug-likeness (QED) is 0.339. The van der Waals surface area contributed by atoms with Crippen molar-refractivity contribution < 1.29 is 18.7 Å². The standard InChI is InChI=1S/C25H24FNO3S/c1-4-30-25(29)23-21(19-10-8-18(9-11-19)16(2)3)15-31-24(23)27-22(28)14-7-17-5-12-20(26)13-6-17/h5-16H,4H2,1-3H3,(H,27,28)/b14-7+. The van der Waals surface area contributed by atoms with Crippen LogP contribution in [0.3, 0.4) is 0 Å². The smallest absolute Gasteiger partial charge is 0.341 e. The van der Waals surface area contributed by atoms with Gasteiger partial charge in [0, 0.05) is 17.0 Å². The lowest BCUT2D eigenvalue weighted by molar-refractivity contribution is -0.111. The summed E-state index contributed by atoms with van der Waals surface area (Å²) in [5.41, 5.74) is 3.84. The highest BCUT2D eigenvalue weighted by atomic mass is 32.1. The third kappa shape index (κ3) is 5.67. The molecule has 0 saturated heterocycles. The molecule has 31 heavy (non-hydrogen) atoms. The number of carbonyl (C=O) groups is 2. The van der Waals surface area contributed by atoms with E-state index in [0.29, 0.717) is 22.0 Å². The van der Waals surface area contributed by atoms with Crippen LogP contribution in [0.1, 0.15) is 48.2 Å². The van der Waals surface area contributed by atoms with Crippen molar-refractivity contribution in [1.29, 1.82) is 0 Å². The van der Waals surface area contributed by atoms with Gasteiger partial charge in [0.05, 0.1) is 6.61 Å². The van der Waals surface area contributed by atoms with E-state index in [-0.39, 0.29) is 12.4 Å². The number of halogens is 1. The predicted octanol–water partition coefficient (Wildman–Crippen LogP) is 6.51. The molecule has 1 aromatic heterocycles. The highest BCUT2D eigenvalue weighted by Crippen LogP contribution is 2.36. The van der Waals surface area contributed by atoms with E-state index in [1.165, 1.54) is 35.1 Å². The Kier molecular flexibility index (Phi) is 7.36. The largest absolute Gasteiger partial charge is 0.462 e. The van der Waals surface area contributed by atoms with Gasteiger partial charge in [0.15, 0.2) is 0 Å². The van der Waals surface area contributed by atoms with Crippen LogP contribution < -0.4 is 5.32 Å². The van der Waals surface area contributed by atoms with E-state index in [2.05, 4.69) is 19.2 Å².